The number of halogens is 2. The Balaban J connectivity index is 1.00. The van der Waals surface area contributed by atoms with Crippen molar-refractivity contribution in [2.45, 2.75) is 55.2 Å². The first-order valence-corrected chi connectivity index (χ1v) is 16.0. The van der Waals surface area contributed by atoms with Crippen LogP contribution < -0.4 is 9.62 Å². The fraction of sp³-hybridized carbons (Fsp3) is 0.345. The fourth-order valence-corrected chi connectivity index (χ4v) is 7.55. The predicted molar refractivity (Wildman–Crippen MR) is 156 cm³/mol. The second-order valence-corrected chi connectivity index (χ2v) is 13.5. The lowest BCUT2D eigenvalue weighted by Gasteiger charge is -2.33. The van der Waals surface area contributed by atoms with Crippen LogP contribution in [0.1, 0.15) is 53.3 Å². The van der Waals surface area contributed by atoms with E-state index < -0.39 is 15.9 Å². The third-order valence-corrected chi connectivity index (χ3v) is 10.3. The molecule has 0 unspecified atom stereocenters. The number of aromatic amines is 1. The van der Waals surface area contributed by atoms with Crippen LogP contribution >= 0.6 is 23.2 Å². The highest BCUT2D eigenvalue weighted by Gasteiger charge is 2.45. The lowest BCUT2D eigenvalue weighted by molar-refractivity contribution is 0.0122. The van der Waals surface area contributed by atoms with Gasteiger partial charge >= 0.3 is 0 Å². The molecule has 0 spiro atoms. The molecule has 3 heterocycles. The summed E-state index contributed by atoms with van der Waals surface area (Å²) < 4.78 is 39.1. The van der Waals surface area contributed by atoms with E-state index in [0.29, 0.717) is 45.8 Å². The van der Waals surface area contributed by atoms with Gasteiger partial charge in [-0.15, -0.1) is 0 Å². The number of benzene rings is 2. The van der Waals surface area contributed by atoms with E-state index in [4.69, 9.17) is 32.5 Å². The minimum absolute atomic E-state index is 0.0981. The van der Waals surface area contributed by atoms with Crippen LogP contribution in [0.25, 0.3) is 11.3 Å². The van der Waals surface area contributed by atoms with Crippen LogP contribution in [-0.4, -0.2) is 48.4 Å². The molecule has 42 heavy (non-hydrogen) atoms. The average Bonchev–Trinajstić information content (AvgIpc) is 3.36. The largest absolute Gasteiger partial charge is 0.373 e. The van der Waals surface area contributed by atoms with E-state index in [1.54, 1.807) is 24.3 Å². The third-order valence-electron chi connectivity index (χ3n) is 8.36. The Bertz CT molecular complexity index is 1720. The number of H-pyrrole nitrogens is 1. The maximum Gasteiger partial charge on any atom is 0.267 e. The molecule has 2 saturated carbocycles. The SMILES string of the molecule is O=C(NS(=O)(=O)c1cn[nH]c1)c1ccc(N2C[C@@H]3C[C@H]2C[C@H]3OCc2c(-c3c(Cl)cccc3Cl)noc2C2CC2)cc1. The van der Waals surface area contributed by atoms with Crippen molar-refractivity contribution in [1.29, 1.82) is 0 Å². The zero-order valence-electron chi connectivity index (χ0n) is 22.3. The summed E-state index contributed by atoms with van der Waals surface area (Å²) in [6, 6.07) is 12.7. The second-order valence-electron chi connectivity index (χ2n) is 11.0. The van der Waals surface area contributed by atoms with Gasteiger partial charge in [-0.05, 0) is 62.1 Å². The number of fused-ring (bicyclic) bond motifs is 2. The highest BCUT2D eigenvalue weighted by atomic mass is 35.5. The van der Waals surface area contributed by atoms with Gasteiger partial charge < -0.3 is 14.2 Å². The Labute approximate surface area is 252 Å². The van der Waals surface area contributed by atoms with Crippen molar-refractivity contribution < 1.29 is 22.5 Å². The third kappa shape index (κ3) is 5.08. The number of hydrogen-bond acceptors (Lipinski definition) is 8. The highest BCUT2D eigenvalue weighted by molar-refractivity contribution is 7.90. The number of aromatic nitrogens is 3. The first-order chi connectivity index (χ1) is 20.3. The number of carbonyl (C=O) groups excluding carboxylic acids is 1. The Kier molecular flexibility index (Phi) is 7.00. The van der Waals surface area contributed by atoms with Crippen LogP contribution in [0.15, 0.2) is 64.3 Å². The summed E-state index contributed by atoms with van der Waals surface area (Å²) in [7, 11) is -3.99. The molecule has 4 aromatic rings. The normalized spacial score (nSPS) is 21.7. The van der Waals surface area contributed by atoms with Crippen molar-refractivity contribution in [1.82, 2.24) is 20.1 Å². The number of hydrogen-bond donors (Lipinski definition) is 2. The molecule has 2 aromatic carbocycles. The first-order valence-electron chi connectivity index (χ1n) is 13.8. The zero-order chi connectivity index (χ0) is 29.0. The predicted octanol–water partition coefficient (Wildman–Crippen LogP) is 5.55. The Morgan fingerprint density at radius 2 is 1.88 bits per heavy atom. The van der Waals surface area contributed by atoms with Gasteiger partial charge in [-0.3, -0.25) is 9.89 Å². The molecule has 2 bridgehead atoms. The number of anilines is 1. The summed E-state index contributed by atoms with van der Waals surface area (Å²) >= 11 is 13.0. The molecule has 1 saturated heterocycles. The van der Waals surface area contributed by atoms with Crippen LogP contribution in [0.3, 0.4) is 0 Å². The van der Waals surface area contributed by atoms with Crippen molar-refractivity contribution in [2.24, 2.45) is 5.92 Å². The van der Waals surface area contributed by atoms with Crippen molar-refractivity contribution in [3.8, 4) is 11.3 Å². The van der Waals surface area contributed by atoms with Gasteiger partial charge in [0.1, 0.15) is 16.3 Å². The molecule has 2 aromatic heterocycles. The maximum atomic E-state index is 12.6. The number of rotatable bonds is 9. The van der Waals surface area contributed by atoms with E-state index in [-0.39, 0.29) is 16.6 Å². The molecule has 10 nitrogen and oxygen atoms in total. The van der Waals surface area contributed by atoms with Crippen LogP contribution in [0.2, 0.25) is 10.0 Å². The first kappa shape index (κ1) is 27.5. The van der Waals surface area contributed by atoms with E-state index in [1.165, 1.54) is 6.20 Å². The summed E-state index contributed by atoms with van der Waals surface area (Å²) in [5.41, 5.74) is 3.49. The zero-order valence-corrected chi connectivity index (χ0v) is 24.6. The Morgan fingerprint density at radius 1 is 1.12 bits per heavy atom. The van der Waals surface area contributed by atoms with Gasteiger partial charge in [-0.2, -0.15) is 5.10 Å². The summed E-state index contributed by atoms with van der Waals surface area (Å²) in [4.78, 5) is 14.8. The average molecular weight is 629 g/mol. The lowest BCUT2D eigenvalue weighted by Crippen LogP contribution is -2.38. The van der Waals surface area contributed by atoms with Crippen molar-refractivity contribution in [3.05, 3.63) is 81.8 Å². The minimum Gasteiger partial charge on any atom is -0.373 e. The highest BCUT2D eigenvalue weighted by Crippen LogP contribution is 2.47. The number of piperidine rings is 1. The van der Waals surface area contributed by atoms with Gasteiger partial charge in [0, 0.05) is 53.0 Å². The van der Waals surface area contributed by atoms with Crippen molar-refractivity contribution in [2.75, 3.05) is 11.4 Å². The molecular formula is C29H27Cl2N5O5S. The molecule has 218 valence electrons. The van der Waals surface area contributed by atoms with E-state index in [1.807, 2.05) is 18.2 Å². The van der Waals surface area contributed by atoms with E-state index >= 15 is 0 Å². The molecule has 13 heteroatoms. The summed E-state index contributed by atoms with van der Waals surface area (Å²) in [5.74, 6) is 0.885. The summed E-state index contributed by atoms with van der Waals surface area (Å²) in [6.07, 6.45) is 6.48. The molecule has 2 aliphatic carbocycles. The van der Waals surface area contributed by atoms with E-state index in [9.17, 15) is 13.2 Å². The number of amides is 1. The molecule has 0 radical (unpaired) electrons. The molecule has 7 rings (SSSR count). The van der Waals surface area contributed by atoms with Crippen LogP contribution in [-0.2, 0) is 21.4 Å². The maximum absolute atomic E-state index is 12.6. The molecule has 3 aliphatic rings. The molecule has 3 atom stereocenters. The van der Waals surface area contributed by atoms with Gasteiger partial charge in [-0.1, -0.05) is 34.4 Å². The van der Waals surface area contributed by atoms with Crippen LogP contribution in [0.4, 0.5) is 5.69 Å². The minimum atomic E-state index is -3.99. The topological polar surface area (TPSA) is 130 Å². The number of nitrogens with one attached hydrogen (secondary N) is 2. The van der Waals surface area contributed by atoms with E-state index in [0.717, 1.165) is 55.4 Å². The molecular weight excluding hydrogens is 601 g/mol. The van der Waals surface area contributed by atoms with Gasteiger partial charge in [0.05, 0.1) is 29.0 Å². The van der Waals surface area contributed by atoms with Crippen molar-refractivity contribution >= 4 is 44.8 Å². The number of sulfonamides is 1. The molecule has 1 amide bonds. The summed E-state index contributed by atoms with van der Waals surface area (Å²) in [5, 5.41) is 11.5. The molecule has 1 aliphatic heterocycles. The molecule has 2 N–H and O–H groups in total. The van der Waals surface area contributed by atoms with Crippen LogP contribution in [0, 0.1) is 5.92 Å². The molecule has 3 fully saturated rings. The quantitative estimate of drug-likeness (QED) is 0.247. The van der Waals surface area contributed by atoms with Crippen LogP contribution in [0.5, 0.6) is 0 Å². The monoisotopic (exact) mass is 627 g/mol. The smallest absolute Gasteiger partial charge is 0.267 e. The van der Waals surface area contributed by atoms with Gasteiger partial charge in [-0.25, -0.2) is 13.1 Å². The second kappa shape index (κ2) is 10.7. The summed E-state index contributed by atoms with van der Waals surface area (Å²) in [6.45, 7) is 1.21. The number of nitrogens with zero attached hydrogens (tertiary/aromatic N) is 3. The van der Waals surface area contributed by atoms with Gasteiger partial charge in [0.2, 0.25) is 0 Å². The van der Waals surface area contributed by atoms with Gasteiger partial charge in [0.25, 0.3) is 15.9 Å². The number of ether oxygens (including phenoxy) is 1. The number of carbonyl (C=O) groups is 1. The van der Waals surface area contributed by atoms with Crippen molar-refractivity contribution in [3.63, 3.8) is 0 Å². The fourth-order valence-electron chi connectivity index (χ4n) is 6.10. The van der Waals surface area contributed by atoms with E-state index in [2.05, 4.69) is 25.0 Å². The Morgan fingerprint density at radius 3 is 2.52 bits per heavy atom. The Hall–Kier alpha value is -3.38. The lowest BCUT2D eigenvalue weighted by atomic mass is 10.0. The van der Waals surface area contributed by atoms with Gasteiger partial charge in [0.15, 0.2) is 0 Å². The standard InChI is InChI=1S/C29H27Cl2N5O5S/c30-23-2-1-3-24(31)26(23)27-22(28(41-34-27)16-4-5-16)15-40-25-11-20-10-18(25)14-36(20)19-8-6-17(7-9-19)29(37)35-42(38,39)21-12-32-33-13-21/h1-3,6-9,12-13,16,18,20,25H,4-5,10-11,14-15H2,(H,32,33)(H,35,37)/t18-,20-,25+/m0/s1.